The summed E-state index contributed by atoms with van der Waals surface area (Å²) in [6, 6.07) is 13.6. The molecule has 3 aromatic rings. The van der Waals surface area contributed by atoms with E-state index in [1.165, 1.54) is 0 Å². The number of carbonyl (C=O) groups excluding carboxylic acids is 2. The molecule has 0 radical (unpaired) electrons. The molecular formula is C22H23BrN4O2. The Morgan fingerprint density at radius 3 is 2.83 bits per heavy atom. The Balaban J connectivity index is 1.50. The molecule has 0 spiro atoms. The van der Waals surface area contributed by atoms with Crippen molar-refractivity contribution < 1.29 is 9.59 Å². The summed E-state index contributed by atoms with van der Waals surface area (Å²) in [5.74, 6) is 0.182. The number of fused-ring (bicyclic) bond motifs is 1. The second-order valence-corrected chi connectivity index (χ2v) is 8.19. The molecule has 2 amide bonds. The highest BCUT2D eigenvalue weighted by Gasteiger charge is 2.30. The summed E-state index contributed by atoms with van der Waals surface area (Å²) in [6.07, 6.45) is 3.22. The van der Waals surface area contributed by atoms with E-state index < -0.39 is 0 Å². The number of hydrogen-bond donors (Lipinski definition) is 1. The molecule has 1 unspecified atom stereocenters. The van der Waals surface area contributed by atoms with Gasteiger partial charge in [0.1, 0.15) is 11.5 Å². The van der Waals surface area contributed by atoms with E-state index in [-0.39, 0.29) is 17.7 Å². The number of nitrogens with zero attached hydrogens (tertiary/aromatic N) is 3. The molecule has 150 valence electrons. The van der Waals surface area contributed by atoms with Crippen LogP contribution in [-0.4, -0.2) is 39.4 Å². The molecule has 1 aromatic carbocycles. The van der Waals surface area contributed by atoms with E-state index in [0.29, 0.717) is 24.6 Å². The summed E-state index contributed by atoms with van der Waals surface area (Å²) >= 11 is 3.34. The average Bonchev–Trinajstić information content (AvgIpc) is 3.13. The highest BCUT2D eigenvalue weighted by atomic mass is 79.9. The highest BCUT2D eigenvalue weighted by Crippen LogP contribution is 2.24. The minimum Gasteiger partial charge on any atom is -0.337 e. The van der Waals surface area contributed by atoms with Crippen molar-refractivity contribution in [1.82, 2.24) is 14.5 Å². The largest absolute Gasteiger partial charge is 0.337 e. The molecule has 1 saturated heterocycles. The number of carbonyl (C=O) groups is 2. The molecule has 1 aliphatic rings. The molecule has 1 N–H and O–H groups in total. The Morgan fingerprint density at radius 2 is 2.07 bits per heavy atom. The van der Waals surface area contributed by atoms with Crippen molar-refractivity contribution in [1.29, 1.82) is 0 Å². The highest BCUT2D eigenvalue weighted by molar-refractivity contribution is 9.10. The molecule has 29 heavy (non-hydrogen) atoms. The summed E-state index contributed by atoms with van der Waals surface area (Å²) in [5.41, 5.74) is 1.75. The Kier molecular flexibility index (Phi) is 5.67. The number of nitrogens with one attached hydrogen (secondary N) is 1. The van der Waals surface area contributed by atoms with Gasteiger partial charge >= 0.3 is 0 Å². The quantitative estimate of drug-likeness (QED) is 0.638. The first-order valence-corrected chi connectivity index (χ1v) is 10.7. The zero-order valence-corrected chi connectivity index (χ0v) is 17.9. The second-order valence-electron chi connectivity index (χ2n) is 7.27. The number of amides is 2. The van der Waals surface area contributed by atoms with Crippen LogP contribution >= 0.6 is 15.9 Å². The Labute approximate surface area is 178 Å². The van der Waals surface area contributed by atoms with Crippen LogP contribution in [0.5, 0.6) is 0 Å². The summed E-state index contributed by atoms with van der Waals surface area (Å²) in [4.78, 5) is 32.0. The predicted octanol–water partition coefficient (Wildman–Crippen LogP) is 4.31. The van der Waals surface area contributed by atoms with Gasteiger partial charge in [-0.15, -0.1) is 0 Å². The third-order valence-electron chi connectivity index (χ3n) is 5.40. The first kappa shape index (κ1) is 19.6. The Hall–Kier alpha value is -2.67. The van der Waals surface area contributed by atoms with Crippen LogP contribution in [0.1, 0.15) is 30.3 Å². The number of aromatic nitrogens is 2. The van der Waals surface area contributed by atoms with Crippen LogP contribution in [0, 0.1) is 5.92 Å². The Morgan fingerprint density at radius 1 is 1.24 bits per heavy atom. The second kappa shape index (κ2) is 8.37. The van der Waals surface area contributed by atoms with Gasteiger partial charge in [0.25, 0.3) is 5.91 Å². The summed E-state index contributed by atoms with van der Waals surface area (Å²) in [7, 11) is 0. The lowest BCUT2D eigenvalue weighted by molar-refractivity contribution is -0.121. The molecule has 0 saturated carbocycles. The lowest BCUT2D eigenvalue weighted by atomic mass is 9.97. The van der Waals surface area contributed by atoms with Gasteiger partial charge in [-0.25, -0.2) is 4.98 Å². The van der Waals surface area contributed by atoms with Gasteiger partial charge in [-0.2, -0.15) is 0 Å². The van der Waals surface area contributed by atoms with Gasteiger partial charge < -0.3 is 14.8 Å². The fourth-order valence-corrected chi connectivity index (χ4v) is 4.18. The SMILES string of the molecule is CCn1c(C(=O)N2CCCC(C(=O)Nc3ccc(Br)cn3)C2)cc2ccccc21. The maximum absolute atomic E-state index is 13.3. The number of likely N-dealkylation sites (tertiary alicyclic amines) is 1. The summed E-state index contributed by atoms with van der Waals surface area (Å²) in [6.45, 7) is 3.86. The standard InChI is InChI=1S/C22H23BrN4O2/c1-2-27-18-8-4-3-6-15(18)12-19(27)22(29)26-11-5-7-16(14-26)21(28)25-20-10-9-17(23)13-24-20/h3-4,6,8-10,12-13,16H,2,5,7,11,14H2,1H3,(H,24,25,28). The van der Waals surface area contributed by atoms with E-state index in [1.807, 2.05) is 52.8 Å². The van der Waals surface area contributed by atoms with E-state index in [1.54, 1.807) is 12.3 Å². The zero-order valence-electron chi connectivity index (χ0n) is 16.3. The van der Waals surface area contributed by atoms with Crippen LogP contribution in [0.2, 0.25) is 0 Å². The number of rotatable bonds is 4. The van der Waals surface area contributed by atoms with Crippen LogP contribution < -0.4 is 5.32 Å². The van der Waals surface area contributed by atoms with Gasteiger partial charge in [0.15, 0.2) is 0 Å². The number of pyridine rings is 1. The number of benzene rings is 1. The monoisotopic (exact) mass is 454 g/mol. The van der Waals surface area contributed by atoms with E-state index in [0.717, 1.165) is 34.8 Å². The molecule has 1 atom stereocenters. The molecule has 7 heteroatoms. The van der Waals surface area contributed by atoms with Gasteiger partial charge in [0, 0.05) is 41.2 Å². The third kappa shape index (κ3) is 4.05. The van der Waals surface area contributed by atoms with Crippen LogP contribution in [0.4, 0.5) is 5.82 Å². The molecule has 3 heterocycles. The van der Waals surface area contributed by atoms with Crippen LogP contribution in [-0.2, 0) is 11.3 Å². The fraction of sp³-hybridized carbons (Fsp3) is 0.318. The lowest BCUT2D eigenvalue weighted by Crippen LogP contribution is -2.44. The fourth-order valence-electron chi connectivity index (χ4n) is 3.94. The van der Waals surface area contributed by atoms with Crippen LogP contribution in [0.3, 0.4) is 0 Å². The lowest BCUT2D eigenvalue weighted by Gasteiger charge is -2.32. The molecular weight excluding hydrogens is 432 g/mol. The van der Waals surface area contributed by atoms with Gasteiger partial charge in [-0.3, -0.25) is 9.59 Å². The minimum atomic E-state index is -0.238. The van der Waals surface area contributed by atoms with Gasteiger partial charge in [-0.05, 0) is 60.0 Å². The molecule has 1 aliphatic heterocycles. The molecule has 6 nitrogen and oxygen atoms in total. The molecule has 0 aliphatic carbocycles. The van der Waals surface area contributed by atoms with E-state index in [2.05, 4.69) is 26.2 Å². The minimum absolute atomic E-state index is 0.0117. The van der Waals surface area contributed by atoms with E-state index in [9.17, 15) is 9.59 Å². The van der Waals surface area contributed by atoms with Crippen molar-refractivity contribution >= 4 is 44.5 Å². The number of halogens is 1. The van der Waals surface area contributed by atoms with Gasteiger partial charge in [0.05, 0.1) is 5.92 Å². The van der Waals surface area contributed by atoms with E-state index >= 15 is 0 Å². The predicted molar refractivity (Wildman–Crippen MR) is 117 cm³/mol. The first-order chi connectivity index (χ1) is 14.1. The maximum atomic E-state index is 13.3. The van der Waals surface area contributed by atoms with Gasteiger partial charge in [-0.1, -0.05) is 18.2 Å². The van der Waals surface area contributed by atoms with Crippen LogP contribution in [0.15, 0.2) is 53.1 Å². The third-order valence-corrected chi connectivity index (χ3v) is 5.87. The van der Waals surface area contributed by atoms with Crippen molar-refractivity contribution in [2.45, 2.75) is 26.3 Å². The smallest absolute Gasteiger partial charge is 0.270 e. The molecule has 2 aromatic heterocycles. The average molecular weight is 455 g/mol. The number of para-hydroxylation sites is 1. The molecule has 4 rings (SSSR count). The van der Waals surface area contributed by atoms with Crippen molar-refractivity contribution in [3.05, 3.63) is 58.8 Å². The zero-order chi connectivity index (χ0) is 20.4. The number of aryl methyl sites for hydroxylation is 1. The summed E-state index contributed by atoms with van der Waals surface area (Å²) < 4.78 is 2.91. The Bertz CT molecular complexity index is 1040. The van der Waals surface area contributed by atoms with Crippen molar-refractivity contribution in [2.24, 2.45) is 5.92 Å². The first-order valence-electron chi connectivity index (χ1n) is 9.86. The number of hydrogen-bond acceptors (Lipinski definition) is 3. The van der Waals surface area contributed by atoms with Crippen LogP contribution in [0.25, 0.3) is 10.9 Å². The number of piperidine rings is 1. The van der Waals surface area contributed by atoms with Crippen molar-refractivity contribution in [2.75, 3.05) is 18.4 Å². The maximum Gasteiger partial charge on any atom is 0.270 e. The van der Waals surface area contributed by atoms with Crippen molar-refractivity contribution in [3.63, 3.8) is 0 Å². The normalized spacial score (nSPS) is 16.8. The van der Waals surface area contributed by atoms with Crippen molar-refractivity contribution in [3.8, 4) is 0 Å². The van der Waals surface area contributed by atoms with Gasteiger partial charge in [0.2, 0.25) is 5.91 Å². The number of anilines is 1. The molecule has 0 bridgehead atoms. The topological polar surface area (TPSA) is 67.2 Å². The molecule has 1 fully saturated rings. The summed E-state index contributed by atoms with van der Waals surface area (Å²) in [5, 5.41) is 3.93. The van der Waals surface area contributed by atoms with E-state index in [4.69, 9.17) is 0 Å².